The first kappa shape index (κ1) is 14.3. The highest BCUT2D eigenvalue weighted by molar-refractivity contribution is 9.10. The number of ketones is 1. The largest absolute Gasteiger partial charge is 0.488 e. The zero-order valence-electron chi connectivity index (χ0n) is 10.3. The minimum Gasteiger partial charge on any atom is -0.488 e. The molecule has 2 nitrogen and oxygen atoms in total. The lowest BCUT2D eigenvalue weighted by Gasteiger charge is -2.10. The van der Waals surface area contributed by atoms with Gasteiger partial charge in [-0.25, -0.2) is 0 Å². The number of carbonyl (C=O) groups excluding carboxylic acids is 1. The molecule has 0 unspecified atom stereocenters. The molecule has 2 aromatic rings. The number of hydrogen-bond donors (Lipinski definition) is 0. The van der Waals surface area contributed by atoms with Crippen LogP contribution in [0.25, 0.3) is 0 Å². The second-order valence-corrected chi connectivity index (χ2v) is 5.94. The van der Waals surface area contributed by atoms with E-state index in [1.165, 1.54) is 6.92 Å². The summed E-state index contributed by atoms with van der Waals surface area (Å²) >= 11 is 6.75. The predicted octanol–water partition coefficient (Wildman–Crippen LogP) is 4.99. The molecule has 2 aromatic carbocycles. The number of hydrogen-bond acceptors (Lipinski definition) is 2. The highest BCUT2D eigenvalue weighted by Crippen LogP contribution is 2.24. The summed E-state index contributed by atoms with van der Waals surface area (Å²) in [6.45, 7) is 1.98. The first-order valence-electron chi connectivity index (χ1n) is 5.74. The van der Waals surface area contributed by atoms with Crippen LogP contribution in [-0.2, 0) is 6.61 Å². The molecular formula is C15H12Br2O2. The molecule has 0 saturated heterocycles. The van der Waals surface area contributed by atoms with Gasteiger partial charge < -0.3 is 4.74 Å². The van der Waals surface area contributed by atoms with Crippen LogP contribution in [0, 0.1) is 0 Å². The zero-order chi connectivity index (χ0) is 13.8. The highest BCUT2D eigenvalue weighted by Gasteiger charge is 2.09. The maximum absolute atomic E-state index is 11.6. The molecule has 0 aliphatic carbocycles. The lowest BCUT2D eigenvalue weighted by molar-refractivity contribution is 0.101. The average Bonchev–Trinajstić information content (AvgIpc) is 2.39. The van der Waals surface area contributed by atoms with Gasteiger partial charge in [0.2, 0.25) is 0 Å². The average molecular weight is 384 g/mol. The van der Waals surface area contributed by atoms with Crippen molar-refractivity contribution in [2.24, 2.45) is 0 Å². The van der Waals surface area contributed by atoms with E-state index < -0.39 is 0 Å². The molecule has 0 atom stereocenters. The summed E-state index contributed by atoms with van der Waals surface area (Å²) in [7, 11) is 0. The summed E-state index contributed by atoms with van der Waals surface area (Å²) in [6, 6.07) is 13.3. The van der Waals surface area contributed by atoms with E-state index in [1.54, 1.807) is 12.1 Å². The Labute approximate surface area is 129 Å². The van der Waals surface area contributed by atoms with Gasteiger partial charge in [0.15, 0.2) is 5.78 Å². The van der Waals surface area contributed by atoms with E-state index >= 15 is 0 Å². The van der Waals surface area contributed by atoms with Crippen molar-refractivity contribution in [2.75, 3.05) is 0 Å². The normalized spacial score (nSPS) is 10.3. The van der Waals surface area contributed by atoms with Gasteiger partial charge in [-0.05, 0) is 42.8 Å². The highest BCUT2D eigenvalue weighted by atomic mass is 79.9. The summed E-state index contributed by atoms with van der Waals surface area (Å²) < 4.78 is 7.62. The predicted molar refractivity (Wildman–Crippen MR) is 82.6 cm³/mol. The Hall–Kier alpha value is -1.13. The van der Waals surface area contributed by atoms with Gasteiger partial charge in [0, 0.05) is 8.95 Å². The molecule has 0 saturated carbocycles. The second-order valence-electron chi connectivity index (χ2n) is 4.11. The quantitative estimate of drug-likeness (QED) is 0.695. The van der Waals surface area contributed by atoms with Gasteiger partial charge in [0.05, 0.1) is 5.56 Å². The molecule has 0 spiro atoms. The summed E-state index contributed by atoms with van der Waals surface area (Å²) in [5.74, 6) is 0.603. The van der Waals surface area contributed by atoms with Crippen molar-refractivity contribution in [3.8, 4) is 5.75 Å². The van der Waals surface area contributed by atoms with Gasteiger partial charge in [-0.1, -0.05) is 44.0 Å². The molecule has 0 heterocycles. The van der Waals surface area contributed by atoms with Crippen LogP contribution in [-0.4, -0.2) is 5.78 Å². The van der Waals surface area contributed by atoms with E-state index in [2.05, 4.69) is 31.9 Å². The van der Waals surface area contributed by atoms with Crippen LogP contribution in [0.5, 0.6) is 5.75 Å². The van der Waals surface area contributed by atoms with Crippen molar-refractivity contribution < 1.29 is 9.53 Å². The van der Waals surface area contributed by atoms with Crippen molar-refractivity contribution in [3.05, 3.63) is 62.5 Å². The molecule has 0 aliphatic heterocycles. The van der Waals surface area contributed by atoms with Crippen molar-refractivity contribution in [2.45, 2.75) is 13.5 Å². The van der Waals surface area contributed by atoms with Gasteiger partial charge in [0.25, 0.3) is 0 Å². The summed E-state index contributed by atoms with van der Waals surface area (Å²) in [4.78, 5) is 11.6. The second kappa shape index (κ2) is 6.35. The molecule has 4 heteroatoms. The standard InChI is InChI=1S/C15H12Br2O2/c1-10(18)14-8-13(17)6-7-15(14)19-9-11-2-4-12(16)5-3-11/h2-8H,9H2,1H3. The third-order valence-corrected chi connectivity index (χ3v) is 3.65. The Morgan fingerprint density at radius 1 is 1.05 bits per heavy atom. The number of halogens is 2. The van der Waals surface area contributed by atoms with Gasteiger partial charge in [-0.15, -0.1) is 0 Å². The van der Waals surface area contributed by atoms with E-state index in [4.69, 9.17) is 4.74 Å². The fraction of sp³-hybridized carbons (Fsp3) is 0.133. The van der Waals surface area contributed by atoms with Crippen LogP contribution < -0.4 is 4.74 Å². The number of ether oxygens (including phenoxy) is 1. The summed E-state index contributed by atoms with van der Waals surface area (Å²) in [5.41, 5.74) is 1.65. The number of carbonyl (C=O) groups is 1. The van der Waals surface area contributed by atoms with Crippen LogP contribution in [0.4, 0.5) is 0 Å². The maximum atomic E-state index is 11.6. The molecule has 0 amide bonds. The molecule has 0 fully saturated rings. The molecule has 0 aromatic heterocycles. The molecule has 0 radical (unpaired) electrons. The van der Waals surface area contributed by atoms with Gasteiger partial charge in [0.1, 0.15) is 12.4 Å². The van der Waals surface area contributed by atoms with Crippen LogP contribution in [0.3, 0.4) is 0 Å². The fourth-order valence-corrected chi connectivity index (χ4v) is 2.27. The third kappa shape index (κ3) is 3.91. The molecular weight excluding hydrogens is 372 g/mol. The molecule has 19 heavy (non-hydrogen) atoms. The van der Waals surface area contributed by atoms with E-state index in [0.717, 1.165) is 14.5 Å². The Morgan fingerprint density at radius 2 is 1.68 bits per heavy atom. The summed E-state index contributed by atoms with van der Waals surface area (Å²) in [5, 5.41) is 0. The third-order valence-electron chi connectivity index (χ3n) is 2.63. The Balaban J connectivity index is 2.15. The molecule has 98 valence electrons. The van der Waals surface area contributed by atoms with E-state index in [9.17, 15) is 4.79 Å². The molecule has 2 rings (SSSR count). The van der Waals surface area contributed by atoms with Crippen molar-refractivity contribution in [3.63, 3.8) is 0 Å². The maximum Gasteiger partial charge on any atom is 0.163 e. The Kier molecular flexibility index (Phi) is 4.77. The summed E-state index contributed by atoms with van der Waals surface area (Å²) in [6.07, 6.45) is 0. The van der Waals surface area contributed by atoms with Crippen LogP contribution in [0.15, 0.2) is 51.4 Å². The monoisotopic (exact) mass is 382 g/mol. The lowest BCUT2D eigenvalue weighted by atomic mass is 10.1. The zero-order valence-corrected chi connectivity index (χ0v) is 13.5. The Morgan fingerprint density at radius 3 is 2.32 bits per heavy atom. The van der Waals surface area contributed by atoms with E-state index in [1.807, 2.05) is 30.3 Å². The van der Waals surface area contributed by atoms with Gasteiger partial charge in [-0.3, -0.25) is 4.79 Å². The molecule has 0 N–H and O–H groups in total. The smallest absolute Gasteiger partial charge is 0.163 e. The van der Waals surface area contributed by atoms with Crippen LogP contribution >= 0.6 is 31.9 Å². The minimum atomic E-state index is -0.00731. The Bertz CT molecular complexity index is 592. The van der Waals surface area contributed by atoms with E-state index in [0.29, 0.717) is 17.9 Å². The SMILES string of the molecule is CC(=O)c1cc(Br)ccc1OCc1ccc(Br)cc1. The van der Waals surface area contributed by atoms with Crippen LogP contribution in [0.1, 0.15) is 22.8 Å². The number of rotatable bonds is 4. The first-order chi connectivity index (χ1) is 9.06. The topological polar surface area (TPSA) is 26.3 Å². The number of Topliss-reactive ketones (excluding diaryl/α,β-unsaturated/α-hetero) is 1. The van der Waals surface area contributed by atoms with Crippen molar-refractivity contribution in [1.29, 1.82) is 0 Å². The number of benzene rings is 2. The molecule has 0 aliphatic rings. The van der Waals surface area contributed by atoms with Gasteiger partial charge in [-0.2, -0.15) is 0 Å². The minimum absolute atomic E-state index is 0.00731. The fourth-order valence-electron chi connectivity index (χ4n) is 1.64. The van der Waals surface area contributed by atoms with Gasteiger partial charge >= 0.3 is 0 Å². The van der Waals surface area contributed by atoms with Crippen LogP contribution in [0.2, 0.25) is 0 Å². The van der Waals surface area contributed by atoms with E-state index in [-0.39, 0.29) is 5.78 Å². The first-order valence-corrected chi connectivity index (χ1v) is 7.32. The lowest BCUT2D eigenvalue weighted by Crippen LogP contribution is -2.01. The van der Waals surface area contributed by atoms with Crippen molar-refractivity contribution >= 4 is 37.6 Å². The molecule has 0 bridgehead atoms. The van der Waals surface area contributed by atoms with Crippen molar-refractivity contribution in [1.82, 2.24) is 0 Å².